The average molecular weight is 461 g/mol. The molecule has 0 spiro atoms. The maximum absolute atomic E-state index is 13.3. The molecule has 29 heavy (non-hydrogen) atoms. The van der Waals surface area contributed by atoms with Crippen molar-refractivity contribution in [1.82, 2.24) is 4.98 Å². The summed E-state index contributed by atoms with van der Waals surface area (Å²) >= 11 is 11.9. The van der Waals surface area contributed by atoms with Gasteiger partial charge in [0.05, 0.1) is 32.7 Å². The van der Waals surface area contributed by atoms with Crippen molar-refractivity contribution in [1.29, 1.82) is 0 Å². The molecule has 0 fully saturated rings. The molecule has 0 aliphatic rings. The van der Waals surface area contributed by atoms with E-state index in [1.165, 1.54) is 30.6 Å². The Labute approximate surface area is 175 Å². The van der Waals surface area contributed by atoms with Crippen LogP contribution in [0.25, 0.3) is 0 Å². The lowest BCUT2D eigenvalue weighted by Crippen LogP contribution is -2.31. The van der Waals surface area contributed by atoms with E-state index in [1.54, 1.807) is 12.1 Å². The van der Waals surface area contributed by atoms with Gasteiger partial charge in [0.15, 0.2) is 0 Å². The molecule has 0 atom stereocenters. The van der Waals surface area contributed by atoms with Crippen LogP contribution in [0.3, 0.4) is 0 Å². The average Bonchev–Trinajstić information content (AvgIpc) is 2.68. The molecule has 10 heteroatoms. The molecule has 0 aliphatic heterocycles. The van der Waals surface area contributed by atoms with E-state index in [1.807, 2.05) is 0 Å². The molecule has 3 aromatic rings. The minimum Gasteiger partial charge on any atom is -0.264 e. The first-order valence-electron chi connectivity index (χ1n) is 8.13. The van der Waals surface area contributed by atoms with Gasteiger partial charge in [-0.05, 0) is 48.0 Å². The number of hydrogen-bond acceptors (Lipinski definition) is 3. The van der Waals surface area contributed by atoms with E-state index < -0.39 is 26.7 Å². The Morgan fingerprint density at radius 3 is 2.34 bits per heavy atom. The highest BCUT2D eigenvalue weighted by Crippen LogP contribution is 2.34. The first kappa shape index (κ1) is 21.4. The molecule has 0 unspecified atom stereocenters. The molecule has 0 aliphatic carbocycles. The van der Waals surface area contributed by atoms with Crippen LogP contribution in [0.15, 0.2) is 71.9 Å². The number of benzene rings is 2. The first-order chi connectivity index (χ1) is 13.6. The van der Waals surface area contributed by atoms with E-state index in [2.05, 4.69) is 4.98 Å². The number of alkyl halides is 3. The van der Waals surface area contributed by atoms with Crippen LogP contribution in [-0.2, 0) is 22.7 Å². The Morgan fingerprint density at radius 1 is 0.966 bits per heavy atom. The lowest BCUT2D eigenvalue weighted by atomic mass is 10.2. The number of halogens is 5. The Morgan fingerprint density at radius 2 is 1.72 bits per heavy atom. The zero-order valence-electron chi connectivity index (χ0n) is 14.6. The zero-order valence-corrected chi connectivity index (χ0v) is 16.9. The maximum atomic E-state index is 13.3. The van der Waals surface area contributed by atoms with E-state index in [4.69, 9.17) is 23.2 Å². The van der Waals surface area contributed by atoms with Crippen LogP contribution in [-0.4, -0.2) is 13.4 Å². The summed E-state index contributed by atoms with van der Waals surface area (Å²) in [7, 11) is -4.36. The minimum absolute atomic E-state index is 0.111. The highest BCUT2D eigenvalue weighted by atomic mass is 35.5. The van der Waals surface area contributed by atoms with Crippen LogP contribution in [0.2, 0.25) is 10.0 Å². The van der Waals surface area contributed by atoms with Gasteiger partial charge in [-0.2, -0.15) is 13.2 Å². The molecule has 4 nitrogen and oxygen atoms in total. The van der Waals surface area contributed by atoms with Crippen LogP contribution in [0.4, 0.5) is 18.9 Å². The highest BCUT2D eigenvalue weighted by Gasteiger charge is 2.33. The van der Waals surface area contributed by atoms with Crippen molar-refractivity contribution in [2.45, 2.75) is 17.6 Å². The van der Waals surface area contributed by atoms with Crippen molar-refractivity contribution in [3.8, 4) is 0 Å². The van der Waals surface area contributed by atoms with Crippen LogP contribution in [0, 0.1) is 0 Å². The second-order valence-electron chi connectivity index (χ2n) is 6.00. The maximum Gasteiger partial charge on any atom is 0.416 e. The van der Waals surface area contributed by atoms with Gasteiger partial charge in [-0.15, -0.1) is 0 Å². The summed E-state index contributed by atoms with van der Waals surface area (Å²) in [5.74, 6) is 0. The minimum atomic E-state index is -4.68. The summed E-state index contributed by atoms with van der Waals surface area (Å²) in [6.07, 6.45) is -1.69. The fourth-order valence-electron chi connectivity index (χ4n) is 2.57. The van der Waals surface area contributed by atoms with Crippen LogP contribution in [0.1, 0.15) is 11.1 Å². The van der Waals surface area contributed by atoms with Gasteiger partial charge in [-0.25, -0.2) is 8.42 Å². The van der Waals surface area contributed by atoms with Crippen molar-refractivity contribution in [2.75, 3.05) is 4.31 Å². The largest absolute Gasteiger partial charge is 0.416 e. The highest BCUT2D eigenvalue weighted by molar-refractivity contribution is 7.92. The number of sulfonamides is 1. The Balaban J connectivity index is 2.13. The van der Waals surface area contributed by atoms with Gasteiger partial charge in [-0.3, -0.25) is 9.29 Å². The Kier molecular flexibility index (Phi) is 6.07. The third-order valence-corrected chi connectivity index (χ3v) is 6.50. The second-order valence-corrected chi connectivity index (χ2v) is 8.67. The summed E-state index contributed by atoms with van der Waals surface area (Å²) in [5.41, 5.74) is -0.371. The van der Waals surface area contributed by atoms with Crippen molar-refractivity contribution in [2.24, 2.45) is 0 Å². The van der Waals surface area contributed by atoms with E-state index in [9.17, 15) is 21.6 Å². The molecular formula is C19H13Cl2F3N2O2S. The fourth-order valence-corrected chi connectivity index (χ4v) is 4.36. The van der Waals surface area contributed by atoms with Crippen LogP contribution < -0.4 is 4.31 Å². The van der Waals surface area contributed by atoms with Gasteiger partial charge >= 0.3 is 6.18 Å². The first-order valence-corrected chi connectivity index (χ1v) is 10.3. The van der Waals surface area contributed by atoms with E-state index in [-0.39, 0.29) is 22.3 Å². The van der Waals surface area contributed by atoms with Gasteiger partial charge in [0.25, 0.3) is 10.0 Å². The van der Waals surface area contributed by atoms with Gasteiger partial charge in [0, 0.05) is 12.4 Å². The molecular weight excluding hydrogens is 448 g/mol. The lowest BCUT2D eigenvalue weighted by Gasteiger charge is -2.25. The van der Waals surface area contributed by atoms with E-state index in [0.29, 0.717) is 11.6 Å². The van der Waals surface area contributed by atoms with Gasteiger partial charge in [-0.1, -0.05) is 35.3 Å². The van der Waals surface area contributed by atoms with E-state index >= 15 is 0 Å². The predicted octanol–water partition coefficient (Wildman–Crippen LogP) is 5.80. The monoisotopic (exact) mass is 460 g/mol. The topological polar surface area (TPSA) is 50.3 Å². The van der Waals surface area contributed by atoms with Crippen LogP contribution in [0.5, 0.6) is 0 Å². The van der Waals surface area contributed by atoms with Crippen molar-refractivity contribution in [3.05, 3.63) is 88.2 Å². The van der Waals surface area contributed by atoms with Crippen molar-refractivity contribution >= 4 is 38.9 Å². The zero-order chi connectivity index (χ0) is 21.2. The second kappa shape index (κ2) is 8.22. The third-order valence-electron chi connectivity index (χ3n) is 3.99. The molecule has 0 bridgehead atoms. The van der Waals surface area contributed by atoms with Gasteiger partial charge in [0.2, 0.25) is 0 Å². The number of anilines is 1. The molecule has 152 valence electrons. The van der Waals surface area contributed by atoms with Gasteiger partial charge < -0.3 is 0 Å². The molecule has 0 saturated heterocycles. The molecule has 1 heterocycles. The summed E-state index contributed by atoms with van der Waals surface area (Å²) in [6, 6.07) is 11.0. The molecule has 1 aromatic heterocycles. The standard InChI is InChI=1S/C19H13Cl2F3N2O2S/c20-17-7-6-15(10-18(17)21)26(12-13-3-2-8-25-11-13)29(27,28)16-5-1-4-14(9-16)19(22,23)24/h1-11H,12H2. The number of pyridine rings is 1. The summed E-state index contributed by atoms with van der Waals surface area (Å²) in [4.78, 5) is 3.45. The number of nitrogens with zero attached hydrogens (tertiary/aromatic N) is 2. The van der Waals surface area contributed by atoms with Crippen molar-refractivity contribution in [3.63, 3.8) is 0 Å². The van der Waals surface area contributed by atoms with Gasteiger partial charge in [0.1, 0.15) is 0 Å². The SMILES string of the molecule is O=S(=O)(c1cccc(C(F)(F)F)c1)N(Cc1cccnc1)c1ccc(Cl)c(Cl)c1. The number of aromatic nitrogens is 1. The normalized spacial score (nSPS) is 12.0. The Hall–Kier alpha value is -2.29. The van der Waals surface area contributed by atoms with E-state index in [0.717, 1.165) is 22.5 Å². The fraction of sp³-hybridized carbons (Fsp3) is 0.105. The number of hydrogen-bond donors (Lipinski definition) is 0. The van der Waals surface area contributed by atoms with Crippen LogP contribution >= 0.6 is 23.2 Å². The predicted molar refractivity (Wildman–Crippen MR) is 106 cm³/mol. The Bertz CT molecular complexity index is 1120. The lowest BCUT2D eigenvalue weighted by molar-refractivity contribution is -0.137. The molecule has 0 radical (unpaired) electrons. The smallest absolute Gasteiger partial charge is 0.264 e. The molecule has 0 saturated carbocycles. The third kappa shape index (κ3) is 4.83. The number of rotatable bonds is 5. The summed E-state index contributed by atoms with van der Waals surface area (Å²) in [6.45, 7) is -0.162. The summed E-state index contributed by atoms with van der Waals surface area (Å²) in [5, 5.41) is 0.327. The molecule has 3 rings (SSSR count). The quantitative estimate of drug-likeness (QED) is 0.483. The van der Waals surface area contributed by atoms with Crippen molar-refractivity contribution < 1.29 is 21.6 Å². The molecule has 0 N–H and O–H groups in total. The molecule has 2 aromatic carbocycles. The molecule has 0 amide bonds. The summed E-state index contributed by atoms with van der Waals surface area (Å²) < 4.78 is 66.7.